The molecule has 2 rings (SSSR count). The summed E-state index contributed by atoms with van der Waals surface area (Å²) >= 11 is 0. The average Bonchev–Trinajstić information content (AvgIpc) is 2.52. The highest BCUT2D eigenvalue weighted by molar-refractivity contribution is 5.98. The normalized spacial score (nSPS) is 10.9. The van der Waals surface area contributed by atoms with E-state index in [4.69, 9.17) is 0 Å². The van der Waals surface area contributed by atoms with Crippen LogP contribution in [0.3, 0.4) is 0 Å². The van der Waals surface area contributed by atoms with E-state index in [0.717, 1.165) is 5.69 Å². The first-order chi connectivity index (χ1) is 10.8. The molecule has 0 aliphatic heterocycles. The highest BCUT2D eigenvalue weighted by Gasteiger charge is 2.15. The summed E-state index contributed by atoms with van der Waals surface area (Å²) in [5.74, 6) is -0.351. The number of pyridine rings is 1. The van der Waals surface area contributed by atoms with Gasteiger partial charge < -0.3 is 10.6 Å². The molecule has 23 heavy (non-hydrogen) atoms. The molecule has 2 N–H and O–H groups in total. The predicted molar refractivity (Wildman–Crippen MR) is 89.1 cm³/mol. The zero-order valence-electron chi connectivity index (χ0n) is 13.6. The summed E-state index contributed by atoms with van der Waals surface area (Å²) in [7, 11) is 0. The lowest BCUT2D eigenvalue weighted by Gasteiger charge is -2.20. The number of hydrogen-bond acceptors (Lipinski definition) is 3. The Hall–Kier alpha value is -2.69. The number of benzene rings is 1. The van der Waals surface area contributed by atoms with Crippen LogP contribution in [0.2, 0.25) is 0 Å². The summed E-state index contributed by atoms with van der Waals surface area (Å²) in [6.07, 6.45) is 1.68. The van der Waals surface area contributed by atoms with Crippen molar-refractivity contribution in [1.82, 2.24) is 15.6 Å². The quantitative estimate of drug-likeness (QED) is 0.911. The van der Waals surface area contributed by atoms with E-state index in [1.807, 2.05) is 39.0 Å². The molecule has 0 atom stereocenters. The van der Waals surface area contributed by atoms with Gasteiger partial charge >= 0.3 is 0 Å². The number of amides is 2. The summed E-state index contributed by atoms with van der Waals surface area (Å²) < 4.78 is 0. The molecule has 1 aromatic heterocycles. The van der Waals surface area contributed by atoms with Crippen LogP contribution in [-0.2, 0) is 6.54 Å². The third-order valence-corrected chi connectivity index (χ3v) is 3.05. The second kappa shape index (κ2) is 7.05. The van der Waals surface area contributed by atoms with Crippen molar-refractivity contribution in [2.24, 2.45) is 0 Å². The number of rotatable bonds is 4. The van der Waals surface area contributed by atoms with Crippen molar-refractivity contribution in [2.45, 2.75) is 32.9 Å². The van der Waals surface area contributed by atoms with Gasteiger partial charge in [-0.3, -0.25) is 14.6 Å². The molecule has 1 aromatic carbocycles. The van der Waals surface area contributed by atoms with Crippen LogP contribution in [0.1, 0.15) is 47.2 Å². The Morgan fingerprint density at radius 3 is 2.09 bits per heavy atom. The first kappa shape index (κ1) is 16.7. The molecule has 0 aliphatic rings. The van der Waals surface area contributed by atoms with Crippen LogP contribution in [-0.4, -0.2) is 22.3 Å². The Kier molecular flexibility index (Phi) is 5.11. The fourth-order valence-corrected chi connectivity index (χ4v) is 1.96. The SMILES string of the molecule is CC(C)(C)NC(=O)c1ccc(C(=O)NCc2ccccn2)cc1. The Morgan fingerprint density at radius 2 is 1.57 bits per heavy atom. The maximum absolute atomic E-state index is 12.1. The number of nitrogens with zero attached hydrogens (tertiary/aromatic N) is 1. The third-order valence-electron chi connectivity index (χ3n) is 3.05. The van der Waals surface area contributed by atoms with Crippen LogP contribution < -0.4 is 10.6 Å². The Balaban J connectivity index is 1.96. The third kappa shape index (κ3) is 5.21. The first-order valence-corrected chi connectivity index (χ1v) is 7.46. The van der Waals surface area contributed by atoms with E-state index >= 15 is 0 Å². The fourth-order valence-electron chi connectivity index (χ4n) is 1.96. The van der Waals surface area contributed by atoms with Crippen LogP contribution >= 0.6 is 0 Å². The number of carbonyl (C=O) groups excluding carboxylic acids is 2. The van der Waals surface area contributed by atoms with Gasteiger partial charge in [-0.15, -0.1) is 0 Å². The maximum atomic E-state index is 12.1. The number of carbonyl (C=O) groups is 2. The van der Waals surface area contributed by atoms with Crippen LogP contribution in [0, 0.1) is 0 Å². The van der Waals surface area contributed by atoms with Crippen molar-refractivity contribution in [3.05, 3.63) is 65.5 Å². The molecule has 0 unspecified atom stereocenters. The molecule has 0 fully saturated rings. The van der Waals surface area contributed by atoms with E-state index in [-0.39, 0.29) is 17.4 Å². The molecule has 120 valence electrons. The Bertz CT molecular complexity index is 674. The van der Waals surface area contributed by atoms with Crippen molar-refractivity contribution in [3.8, 4) is 0 Å². The van der Waals surface area contributed by atoms with Gasteiger partial charge in [-0.2, -0.15) is 0 Å². The Morgan fingerprint density at radius 1 is 0.957 bits per heavy atom. The lowest BCUT2D eigenvalue weighted by Crippen LogP contribution is -2.40. The fraction of sp³-hybridized carbons (Fsp3) is 0.278. The van der Waals surface area contributed by atoms with Gasteiger partial charge in [-0.05, 0) is 57.2 Å². The van der Waals surface area contributed by atoms with Crippen molar-refractivity contribution in [3.63, 3.8) is 0 Å². The number of hydrogen-bond donors (Lipinski definition) is 2. The largest absolute Gasteiger partial charge is 0.347 e. The molecule has 2 amide bonds. The van der Waals surface area contributed by atoms with Crippen LogP contribution in [0.5, 0.6) is 0 Å². The molecule has 0 radical (unpaired) electrons. The van der Waals surface area contributed by atoms with Crippen LogP contribution in [0.4, 0.5) is 0 Å². The second-order valence-corrected chi connectivity index (χ2v) is 6.29. The molecule has 5 nitrogen and oxygen atoms in total. The molecule has 0 aliphatic carbocycles. The van der Waals surface area contributed by atoms with E-state index in [1.165, 1.54) is 0 Å². The van der Waals surface area contributed by atoms with Gasteiger partial charge in [0.1, 0.15) is 0 Å². The molecule has 5 heteroatoms. The summed E-state index contributed by atoms with van der Waals surface area (Å²) in [5, 5.41) is 5.68. The molecule has 0 bridgehead atoms. The van der Waals surface area contributed by atoms with Crippen LogP contribution in [0.15, 0.2) is 48.7 Å². The smallest absolute Gasteiger partial charge is 0.251 e. The lowest BCUT2D eigenvalue weighted by atomic mass is 10.1. The molecule has 0 spiro atoms. The zero-order chi connectivity index (χ0) is 16.9. The summed E-state index contributed by atoms with van der Waals surface area (Å²) in [5.41, 5.74) is 1.53. The van der Waals surface area contributed by atoms with Gasteiger partial charge in [0.05, 0.1) is 12.2 Å². The Labute approximate surface area is 136 Å². The summed E-state index contributed by atoms with van der Waals surface area (Å²) in [6.45, 7) is 6.13. The van der Waals surface area contributed by atoms with Gasteiger partial charge in [-0.1, -0.05) is 6.07 Å². The minimum Gasteiger partial charge on any atom is -0.347 e. The average molecular weight is 311 g/mol. The van der Waals surface area contributed by atoms with E-state index < -0.39 is 0 Å². The van der Waals surface area contributed by atoms with Crippen LogP contribution in [0.25, 0.3) is 0 Å². The van der Waals surface area contributed by atoms with E-state index in [9.17, 15) is 9.59 Å². The molecular formula is C18H21N3O2. The predicted octanol–water partition coefficient (Wildman–Crippen LogP) is 2.54. The molecule has 0 saturated heterocycles. The van der Waals surface area contributed by atoms with Crippen molar-refractivity contribution in [1.29, 1.82) is 0 Å². The lowest BCUT2D eigenvalue weighted by molar-refractivity contribution is 0.0915. The number of nitrogens with one attached hydrogen (secondary N) is 2. The minimum atomic E-state index is -0.296. The maximum Gasteiger partial charge on any atom is 0.251 e. The highest BCUT2D eigenvalue weighted by Crippen LogP contribution is 2.07. The summed E-state index contributed by atoms with van der Waals surface area (Å²) in [6, 6.07) is 12.1. The highest BCUT2D eigenvalue weighted by atomic mass is 16.2. The monoisotopic (exact) mass is 311 g/mol. The van der Waals surface area contributed by atoms with Gasteiger partial charge in [0.25, 0.3) is 11.8 Å². The van der Waals surface area contributed by atoms with Crippen molar-refractivity contribution >= 4 is 11.8 Å². The van der Waals surface area contributed by atoms with E-state index in [0.29, 0.717) is 17.7 Å². The van der Waals surface area contributed by atoms with Gasteiger partial charge in [0.2, 0.25) is 0 Å². The number of aromatic nitrogens is 1. The zero-order valence-corrected chi connectivity index (χ0v) is 13.6. The first-order valence-electron chi connectivity index (χ1n) is 7.46. The molecule has 2 aromatic rings. The van der Waals surface area contributed by atoms with Gasteiger partial charge in [0, 0.05) is 22.9 Å². The van der Waals surface area contributed by atoms with E-state index in [1.54, 1.807) is 30.5 Å². The minimum absolute atomic E-state index is 0.155. The van der Waals surface area contributed by atoms with E-state index in [2.05, 4.69) is 15.6 Å². The standard InChI is InChI=1S/C18H21N3O2/c1-18(2,3)21-17(23)14-9-7-13(8-10-14)16(22)20-12-15-6-4-5-11-19-15/h4-11H,12H2,1-3H3,(H,20,22)(H,21,23). The molecule has 0 saturated carbocycles. The molecule has 1 heterocycles. The van der Waals surface area contributed by atoms with Gasteiger partial charge in [0.15, 0.2) is 0 Å². The van der Waals surface area contributed by atoms with Crippen molar-refractivity contribution in [2.75, 3.05) is 0 Å². The summed E-state index contributed by atoms with van der Waals surface area (Å²) in [4.78, 5) is 28.3. The second-order valence-electron chi connectivity index (χ2n) is 6.29. The van der Waals surface area contributed by atoms with Gasteiger partial charge in [-0.25, -0.2) is 0 Å². The van der Waals surface area contributed by atoms with Crippen molar-refractivity contribution < 1.29 is 9.59 Å². The molecular weight excluding hydrogens is 290 g/mol. The topological polar surface area (TPSA) is 71.1 Å².